The molecule has 81 heavy (non-hydrogen) atoms. The molecule has 6 bridgehead atoms. The SMILES string of the molecule is C=C1C[C@H](CC[C@]23OC4[C@@H]5O[C@H]6CC[C@H](CC(=O)O[C@H]7COCC(OC8C[C@H](O[C@H]9CC[C@@]%10(C[C@H](C)[C@@H]%11O[C@H]([C@@H](O)C[C@@H](O)CO)C[C@@H]%11O%10)O[C@H]9C)O[C@@H]8CC)C7)O[C@@H]6[C@H](O2)C5OC4(O)[C@H]3O)O[C@H]1CC[C@H]1C[C@@H](C)C(=C)[C@@H](CC)O1. The number of carbonyl (C=O) groups is 1. The maximum Gasteiger partial charge on any atom is 0.308 e. The van der Waals surface area contributed by atoms with Gasteiger partial charge >= 0.3 is 5.97 Å². The van der Waals surface area contributed by atoms with E-state index in [9.17, 15) is 30.3 Å². The van der Waals surface area contributed by atoms with Crippen molar-refractivity contribution >= 4 is 5.97 Å². The van der Waals surface area contributed by atoms with Gasteiger partial charge in [-0.2, -0.15) is 0 Å². The van der Waals surface area contributed by atoms with Crippen molar-refractivity contribution in [3.05, 3.63) is 24.3 Å². The number of ether oxygens (including phenoxy) is 15. The second-order valence-electron chi connectivity index (χ2n) is 26.1. The molecule has 21 heteroatoms. The first-order valence-corrected chi connectivity index (χ1v) is 31.0. The summed E-state index contributed by atoms with van der Waals surface area (Å²) in [5.41, 5.74) is 2.21. The zero-order chi connectivity index (χ0) is 56.7. The van der Waals surface area contributed by atoms with Gasteiger partial charge in [0.1, 0.15) is 36.6 Å². The molecule has 5 unspecified atom stereocenters. The van der Waals surface area contributed by atoms with Crippen LogP contribution in [0.25, 0.3) is 0 Å². The van der Waals surface area contributed by atoms with Gasteiger partial charge in [-0.3, -0.25) is 4.79 Å². The number of aliphatic hydroxyl groups is 5. The van der Waals surface area contributed by atoms with Crippen molar-refractivity contribution in [1.29, 1.82) is 0 Å². The summed E-state index contributed by atoms with van der Waals surface area (Å²) < 4.78 is 97.2. The van der Waals surface area contributed by atoms with Gasteiger partial charge in [0.15, 0.2) is 18.2 Å². The third-order valence-corrected chi connectivity index (χ3v) is 20.3. The van der Waals surface area contributed by atoms with Crippen LogP contribution in [0.4, 0.5) is 0 Å². The number of hydrogen-bond acceptors (Lipinski definition) is 21. The van der Waals surface area contributed by atoms with E-state index in [1.165, 1.54) is 5.57 Å². The highest BCUT2D eigenvalue weighted by Crippen LogP contribution is 2.58. The Labute approximate surface area is 476 Å². The molecule has 21 nitrogen and oxygen atoms in total. The Morgan fingerprint density at radius 1 is 0.741 bits per heavy atom. The molecule has 5 N–H and O–H groups in total. The first kappa shape index (κ1) is 59.5. The summed E-state index contributed by atoms with van der Waals surface area (Å²) in [4.78, 5) is 13.7. The predicted molar refractivity (Wildman–Crippen MR) is 283 cm³/mol. The highest BCUT2D eigenvalue weighted by Gasteiger charge is 2.79. The average molecular weight is 1150 g/mol. The van der Waals surface area contributed by atoms with Gasteiger partial charge in [-0.1, -0.05) is 40.9 Å². The highest BCUT2D eigenvalue weighted by atomic mass is 16.8. The minimum atomic E-state index is -2.03. The second-order valence-corrected chi connectivity index (χ2v) is 26.1. The second kappa shape index (κ2) is 24.0. The molecule has 0 aromatic rings. The van der Waals surface area contributed by atoms with Crippen LogP contribution in [-0.2, 0) is 75.8 Å². The van der Waals surface area contributed by atoms with Crippen LogP contribution in [0.2, 0.25) is 0 Å². The van der Waals surface area contributed by atoms with Gasteiger partial charge in [0.05, 0.1) is 124 Å². The smallest absolute Gasteiger partial charge is 0.308 e. The predicted octanol–water partition coefficient (Wildman–Crippen LogP) is 4.25. The molecule has 13 aliphatic rings. The zero-order valence-electron chi connectivity index (χ0n) is 48.0. The van der Waals surface area contributed by atoms with Crippen LogP contribution in [0, 0.1) is 11.8 Å². The summed E-state index contributed by atoms with van der Waals surface area (Å²) in [5, 5.41) is 53.7. The quantitative estimate of drug-likeness (QED) is 0.0895. The fourth-order valence-electron chi connectivity index (χ4n) is 16.0. The average Bonchev–Trinajstić information content (AvgIpc) is 2.91. The monoisotopic (exact) mass is 1150 g/mol. The minimum absolute atomic E-state index is 0.00479. The Hall–Kier alpha value is -1.81. The van der Waals surface area contributed by atoms with Crippen molar-refractivity contribution in [3.8, 4) is 0 Å². The molecule has 13 saturated heterocycles. The fraction of sp³-hybridized carbons (Fsp3) is 0.917. The maximum atomic E-state index is 13.7. The lowest BCUT2D eigenvalue weighted by Gasteiger charge is -2.50. The van der Waals surface area contributed by atoms with Gasteiger partial charge in [0.2, 0.25) is 11.6 Å². The molecular weight excluding hydrogens is 1060 g/mol. The summed E-state index contributed by atoms with van der Waals surface area (Å²) in [6.45, 7) is 19.4. The largest absolute Gasteiger partial charge is 0.460 e. The summed E-state index contributed by atoms with van der Waals surface area (Å²) in [7, 11) is 0. The Morgan fingerprint density at radius 3 is 2.33 bits per heavy atom. The lowest BCUT2D eigenvalue weighted by Crippen LogP contribution is -2.63. The molecule has 0 amide bonds. The van der Waals surface area contributed by atoms with E-state index in [0.717, 1.165) is 31.3 Å². The van der Waals surface area contributed by atoms with Crippen LogP contribution in [0.15, 0.2) is 24.3 Å². The van der Waals surface area contributed by atoms with E-state index in [1.807, 2.05) is 6.92 Å². The van der Waals surface area contributed by atoms with Crippen molar-refractivity contribution in [1.82, 2.24) is 0 Å². The summed E-state index contributed by atoms with van der Waals surface area (Å²) in [6.07, 6.45) is -1.39. The van der Waals surface area contributed by atoms with E-state index in [0.29, 0.717) is 83.2 Å². The van der Waals surface area contributed by atoms with Gasteiger partial charge in [-0.15, -0.1) is 0 Å². The Kier molecular flexibility index (Phi) is 17.7. The summed E-state index contributed by atoms with van der Waals surface area (Å²) >= 11 is 0. The fourth-order valence-corrected chi connectivity index (χ4v) is 16.0. The standard InChI is InChI=1S/C60H92O21/c1-8-41-32(6)29(3)18-35(68-41)10-12-43-30(4)19-37(69-43)14-17-59-57(65)60(66)56(81-59)55-54(80-60)53(79-59)52-45(75-55)13-11-36(72-52)22-49(64)71-39-21-38(27-67-28-39)70-47-24-50(73-42(47)9-2)74-44-15-16-58(77-33(44)7)25-31(5)51-48(78-58)23-46(76-51)40(63)20-34(62)26-61/h29,31,33-48,50-57,61-63,65-66H,4,6,8-28H2,1-3,5,7H3/t29-,31+,33+,34-,35+,36-,37+,38?,39-,40+,41-,42-,43+,44+,45+,46+,47?,48+,50+,51+,52+,53+,54?,55-,56?,57+,58-,59-,60?/m1/s1. The molecule has 13 rings (SSSR count). The van der Waals surface area contributed by atoms with Gasteiger partial charge < -0.3 is 96.6 Å². The molecule has 0 saturated carbocycles. The van der Waals surface area contributed by atoms with Crippen LogP contribution >= 0.6 is 0 Å². The van der Waals surface area contributed by atoms with Crippen LogP contribution < -0.4 is 0 Å². The molecule has 458 valence electrons. The van der Waals surface area contributed by atoms with E-state index in [1.54, 1.807) is 0 Å². The Bertz CT molecular complexity index is 2220. The van der Waals surface area contributed by atoms with Gasteiger partial charge in [-0.05, 0) is 94.1 Å². The van der Waals surface area contributed by atoms with E-state index >= 15 is 0 Å². The number of fused-ring (bicyclic) bond motifs is 2. The molecular formula is C60H92O21. The van der Waals surface area contributed by atoms with E-state index in [-0.39, 0.29) is 98.9 Å². The first-order chi connectivity index (χ1) is 38.8. The van der Waals surface area contributed by atoms with E-state index in [2.05, 4.69) is 40.9 Å². The number of carbonyl (C=O) groups excluding carboxylic acids is 1. The van der Waals surface area contributed by atoms with Crippen LogP contribution in [0.5, 0.6) is 0 Å². The molecule has 29 atom stereocenters. The zero-order valence-corrected chi connectivity index (χ0v) is 48.0. The Balaban J connectivity index is 0.598. The maximum absolute atomic E-state index is 13.7. The van der Waals surface area contributed by atoms with Crippen molar-refractivity contribution < 1.29 is 101 Å². The highest BCUT2D eigenvalue weighted by molar-refractivity contribution is 5.70. The number of aliphatic hydroxyl groups excluding tert-OH is 4. The van der Waals surface area contributed by atoms with Gasteiger partial charge in [0.25, 0.3) is 0 Å². The molecule has 0 radical (unpaired) electrons. The molecule has 0 aliphatic carbocycles. The number of esters is 1. The lowest BCUT2D eigenvalue weighted by molar-refractivity contribution is -0.351. The van der Waals surface area contributed by atoms with Crippen molar-refractivity contribution in [3.63, 3.8) is 0 Å². The van der Waals surface area contributed by atoms with E-state index < -0.39 is 109 Å². The molecule has 0 aromatic carbocycles. The lowest BCUT2D eigenvalue weighted by atomic mass is 9.84. The number of rotatable bonds is 19. The minimum Gasteiger partial charge on any atom is -0.460 e. The number of hydrogen-bond donors (Lipinski definition) is 5. The molecule has 13 heterocycles. The van der Waals surface area contributed by atoms with Crippen molar-refractivity contribution in [2.45, 2.75) is 314 Å². The first-order valence-electron chi connectivity index (χ1n) is 31.0. The van der Waals surface area contributed by atoms with Gasteiger partial charge in [0, 0.05) is 44.9 Å². The van der Waals surface area contributed by atoms with Crippen molar-refractivity contribution in [2.75, 3.05) is 19.8 Å². The Morgan fingerprint density at radius 2 is 1.54 bits per heavy atom. The third kappa shape index (κ3) is 11.8. The molecule has 13 fully saturated rings. The topological polar surface area (TPSA) is 257 Å². The third-order valence-electron chi connectivity index (χ3n) is 20.3. The van der Waals surface area contributed by atoms with Crippen LogP contribution in [0.3, 0.4) is 0 Å². The molecule has 0 aromatic heterocycles. The van der Waals surface area contributed by atoms with Crippen LogP contribution in [-0.4, -0.2) is 215 Å². The van der Waals surface area contributed by atoms with Crippen molar-refractivity contribution in [2.24, 2.45) is 11.8 Å². The van der Waals surface area contributed by atoms with E-state index in [4.69, 9.17) is 71.1 Å². The normalized spacial score (nSPS) is 50.8. The molecule has 13 aliphatic heterocycles. The molecule has 1 spiro atoms. The van der Waals surface area contributed by atoms with Crippen LogP contribution in [0.1, 0.15) is 150 Å². The summed E-state index contributed by atoms with van der Waals surface area (Å²) in [6, 6.07) is 0. The summed E-state index contributed by atoms with van der Waals surface area (Å²) in [5.74, 6) is -4.33. The van der Waals surface area contributed by atoms with Gasteiger partial charge in [-0.25, -0.2) is 0 Å².